The Hall–Kier alpha value is -3.09. The summed E-state index contributed by atoms with van der Waals surface area (Å²) in [6, 6.07) is 11.0. The highest BCUT2D eigenvalue weighted by Gasteiger charge is 2.15. The largest absolute Gasteiger partial charge is 0.441 e. The number of hydrogen-bond donors (Lipinski definition) is 1. The van der Waals surface area contributed by atoms with Crippen LogP contribution in [0, 0.1) is 17.5 Å². The van der Waals surface area contributed by atoms with E-state index in [4.69, 9.17) is 4.42 Å². The van der Waals surface area contributed by atoms with Crippen LogP contribution in [0.5, 0.6) is 0 Å². The van der Waals surface area contributed by atoms with Crippen molar-refractivity contribution in [2.75, 3.05) is 5.32 Å². The first kappa shape index (κ1) is 16.8. The first-order chi connectivity index (χ1) is 12.0. The average molecular weight is 346 g/mol. The summed E-state index contributed by atoms with van der Waals surface area (Å²) in [4.78, 5) is 15.9. The molecule has 2 aromatic carbocycles. The lowest BCUT2D eigenvalue weighted by molar-refractivity contribution is -0.116. The summed E-state index contributed by atoms with van der Waals surface area (Å²) in [5, 5.41) is 2.20. The van der Waals surface area contributed by atoms with Crippen LogP contribution in [0.15, 0.2) is 53.1 Å². The molecule has 0 unspecified atom stereocenters. The number of hydrogen-bond acceptors (Lipinski definition) is 3. The second kappa shape index (κ2) is 7.21. The summed E-state index contributed by atoms with van der Waals surface area (Å²) < 4.78 is 45.1. The van der Waals surface area contributed by atoms with Crippen LogP contribution < -0.4 is 5.32 Å². The number of aryl methyl sites for hydroxylation is 1. The molecule has 0 saturated heterocycles. The number of halogens is 3. The Kier molecular flexibility index (Phi) is 4.83. The van der Waals surface area contributed by atoms with E-state index in [2.05, 4.69) is 10.3 Å². The van der Waals surface area contributed by atoms with E-state index in [1.54, 1.807) is 6.20 Å². The molecular formula is C18H13F3N2O2. The number of rotatable bonds is 5. The third-order valence-corrected chi connectivity index (χ3v) is 3.49. The lowest BCUT2D eigenvalue weighted by Gasteiger charge is -2.06. The molecule has 1 N–H and O–H groups in total. The molecule has 7 heteroatoms. The van der Waals surface area contributed by atoms with Gasteiger partial charge in [-0.25, -0.2) is 18.2 Å². The fraction of sp³-hybridized carbons (Fsp3) is 0.111. The van der Waals surface area contributed by atoms with E-state index in [9.17, 15) is 18.0 Å². The van der Waals surface area contributed by atoms with Gasteiger partial charge in [0.15, 0.2) is 29.1 Å². The monoisotopic (exact) mass is 346 g/mol. The zero-order valence-electron chi connectivity index (χ0n) is 12.9. The van der Waals surface area contributed by atoms with Gasteiger partial charge in [-0.3, -0.25) is 4.79 Å². The van der Waals surface area contributed by atoms with Gasteiger partial charge >= 0.3 is 0 Å². The van der Waals surface area contributed by atoms with Crippen molar-refractivity contribution >= 4 is 11.6 Å². The van der Waals surface area contributed by atoms with Crippen molar-refractivity contribution in [2.45, 2.75) is 12.8 Å². The van der Waals surface area contributed by atoms with E-state index < -0.39 is 29.0 Å². The smallest absolute Gasteiger partial charge is 0.224 e. The van der Waals surface area contributed by atoms with Crippen LogP contribution in [-0.4, -0.2) is 10.9 Å². The lowest BCUT2D eigenvalue weighted by Crippen LogP contribution is -2.14. The van der Waals surface area contributed by atoms with Crippen LogP contribution in [0.2, 0.25) is 0 Å². The number of amides is 1. The number of anilines is 1. The van der Waals surface area contributed by atoms with E-state index in [0.717, 1.165) is 17.7 Å². The Morgan fingerprint density at radius 2 is 1.80 bits per heavy atom. The third kappa shape index (κ3) is 3.88. The van der Waals surface area contributed by atoms with Crippen molar-refractivity contribution in [3.63, 3.8) is 0 Å². The minimum atomic E-state index is -1.63. The zero-order chi connectivity index (χ0) is 17.8. The van der Waals surface area contributed by atoms with Crippen LogP contribution in [0.4, 0.5) is 18.9 Å². The molecule has 0 saturated carbocycles. The molecule has 0 radical (unpaired) electrons. The van der Waals surface area contributed by atoms with E-state index in [-0.39, 0.29) is 12.8 Å². The lowest BCUT2D eigenvalue weighted by atomic mass is 10.2. The Bertz CT molecular complexity index is 895. The molecule has 4 nitrogen and oxygen atoms in total. The van der Waals surface area contributed by atoms with Gasteiger partial charge in [-0.1, -0.05) is 30.3 Å². The standard InChI is InChI=1S/C18H13F3N2O2/c19-12-6-7-13(18(21)17(12)20)23-15(24)8-9-16-22-10-14(25-16)11-4-2-1-3-5-11/h1-7,10H,8-9H2,(H,23,24). The second-order valence-corrected chi connectivity index (χ2v) is 5.26. The first-order valence-corrected chi connectivity index (χ1v) is 7.48. The molecule has 0 atom stereocenters. The molecule has 3 aromatic rings. The molecule has 0 aliphatic heterocycles. The van der Waals surface area contributed by atoms with Crippen molar-refractivity contribution in [3.8, 4) is 11.3 Å². The van der Waals surface area contributed by atoms with E-state index in [0.29, 0.717) is 11.7 Å². The van der Waals surface area contributed by atoms with Gasteiger partial charge in [0.2, 0.25) is 5.91 Å². The molecule has 0 spiro atoms. The molecule has 25 heavy (non-hydrogen) atoms. The Morgan fingerprint density at radius 1 is 1.04 bits per heavy atom. The Labute approximate surface area is 141 Å². The van der Waals surface area contributed by atoms with Gasteiger partial charge in [0.25, 0.3) is 0 Å². The molecular weight excluding hydrogens is 333 g/mol. The predicted octanol–water partition coefficient (Wildman–Crippen LogP) is 4.33. The molecule has 0 aliphatic rings. The van der Waals surface area contributed by atoms with Gasteiger partial charge in [-0.05, 0) is 12.1 Å². The summed E-state index contributed by atoms with van der Waals surface area (Å²) in [6.45, 7) is 0. The topological polar surface area (TPSA) is 55.1 Å². The maximum atomic E-state index is 13.5. The van der Waals surface area contributed by atoms with Crippen molar-refractivity contribution in [2.24, 2.45) is 0 Å². The quantitative estimate of drug-likeness (QED) is 0.700. The van der Waals surface area contributed by atoms with Gasteiger partial charge in [-0.2, -0.15) is 0 Å². The zero-order valence-corrected chi connectivity index (χ0v) is 12.9. The third-order valence-electron chi connectivity index (χ3n) is 3.49. The van der Waals surface area contributed by atoms with E-state index in [1.165, 1.54) is 0 Å². The van der Waals surface area contributed by atoms with Gasteiger partial charge < -0.3 is 9.73 Å². The molecule has 0 bridgehead atoms. The highest BCUT2D eigenvalue weighted by molar-refractivity contribution is 5.90. The highest BCUT2D eigenvalue weighted by Crippen LogP contribution is 2.21. The highest BCUT2D eigenvalue weighted by atomic mass is 19.2. The van der Waals surface area contributed by atoms with Crippen LogP contribution in [0.3, 0.4) is 0 Å². The number of oxazole rings is 1. The number of carbonyl (C=O) groups excluding carboxylic acids is 1. The van der Waals surface area contributed by atoms with Crippen molar-refractivity contribution in [1.29, 1.82) is 0 Å². The van der Waals surface area contributed by atoms with Crippen molar-refractivity contribution in [1.82, 2.24) is 4.98 Å². The maximum absolute atomic E-state index is 13.5. The van der Waals surface area contributed by atoms with Crippen LogP contribution in [0.25, 0.3) is 11.3 Å². The van der Waals surface area contributed by atoms with Crippen molar-refractivity contribution in [3.05, 3.63) is 72.0 Å². The minimum absolute atomic E-state index is 0.0484. The fourth-order valence-electron chi connectivity index (χ4n) is 2.22. The molecule has 3 rings (SSSR count). The van der Waals surface area contributed by atoms with Crippen molar-refractivity contribution < 1.29 is 22.4 Å². The number of aromatic nitrogens is 1. The second-order valence-electron chi connectivity index (χ2n) is 5.26. The summed E-state index contributed by atoms with van der Waals surface area (Å²) in [5.74, 6) is -4.02. The molecule has 0 aliphatic carbocycles. The summed E-state index contributed by atoms with van der Waals surface area (Å²) >= 11 is 0. The fourth-order valence-corrected chi connectivity index (χ4v) is 2.22. The Morgan fingerprint density at radius 3 is 2.56 bits per heavy atom. The normalized spacial score (nSPS) is 10.7. The molecule has 1 aromatic heterocycles. The Balaban J connectivity index is 1.60. The van der Waals surface area contributed by atoms with Gasteiger partial charge in [0.1, 0.15) is 0 Å². The molecule has 0 fully saturated rings. The van der Waals surface area contributed by atoms with Gasteiger partial charge in [0.05, 0.1) is 11.9 Å². The van der Waals surface area contributed by atoms with Crippen LogP contribution in [-0.2, 0) is 11.2 Å². The van der Waals surface area contributed by atoms with Crippen LogP contribution in [0.1, 0.15) is 12.3 Å². The summed E-state index contributed by atoms with van der Waals surface area (Å²) in [7, 11) is 0. The number of nitrogens with one attached hydrogen (secondary N) is 1. The molecule has 1 heterocycles. The minimum Gasteiger partial charge on any atom is -0.441 e. The number of benzene rings is 2. The SMILES string of the molecule is O=C(CCc1ncc(-c2ccccc2)o1)Nc1ccc(F)c(F)c1F. The summed E-state index contributed by atoms with van der Waals surface area (Å²) in [5.41, 5.74) is 0.441. The van der Waals surface area contributed by atoms with E-state index in [1.807, 2.05) is 30.3 Å². The average Bonchev–Trinajstić information content (AvgIpc) is 3.10. The predicted molar refractivity (Wildman–Crippen MR) is 85.2 cm³/mol. The van der Waals surface area contributed by atoms with Crippen LogP contribution >= 0.6 is 0 Å². The molecule has 1 amide bonds. The summed E-state index contributed by atoms with van der Waals surface area (Å²) in [6.07, 6.45) is 1.69. The number of carbonyl (C=O) groups is 1. The molecule has 128 valence electrons. The van der Waals surface area contributed by atoms with Gasteiger partial charge in [0, 0.05) is 18.4 Å². The van der Waals surface area contributed by atoms with E-state index >= 15 is 0 Å². The number of nitrogens with zero attached hydrogens (tertiary/aromatic N) is 1. The first-order valence-electron chi connectivity index (χ1n) is 7.48. The maximum Gasteiger partial charge on any atom is 0.224 e. The van der Waals surface area contributed by atoms with Gasteiger partial charge in [-0.15, -0.1) is 0 Å².